The van der Waals surface area contributed by atoms with Gasteiger partial charge >= 0.3 is 0 Å². The van der Waals surface area contributed by atoms with E-state index in [2.05, 4.69) is 38.6 Å². The molecule has 3 rings (SSSR count). The fourth-order valence-electron chi connectivity index (χ4n) is 2.37. The fraction of sp³-hybridized carbons (Fsp3) is 0.188. The Morgan fingerprint density at radius 1 is 1.05 bits per heavy atom. The van der Waals surface area contributed by atoms with E-state index in [1.807, 2.05) is 39.3 Å². The van der Waals surface area contributed by atoms with Crippen LogP contribution in [0, 0.1) is 6.92 Å². The third kappa shape index (κ3) is 1.99. The highest BCUT2D eigenvalue weighted by Crippen LogP contribution is 2.25. The van der Waals surface area contributed by atoms with Crippen LogP contribution in [0.5, 0.6) is 0 Å². The second kappa shape index (κ2) is 4.56. The second-order valence-electron chi connectivity index (χ2n) is 5.18. The van der Waals surface area contributed by atoms with Gasteiger partial charge in [0.15, 0.2) is 0 Å². The Hall–Kier alpha value is -2.49. The number of nitrogens with zero attached hydrogens (tertiary/aromatic N) is 3. The summed E-state index contributed by atoms with van der Waals surface area (Å²) in [5, 5.41) is 0. The molecule has 102 valence electrons. The first kappa shape index (κ1) is 12.5. The van der Waals surface area contributed by atoms with Crippen LogP contribution in [-0.4, -0.2) is 23.5 Å². The number of pyridine rings is 1. The van der Waals surface area contributed by atoms with E-state index in [4.69, 9.17) is 5.73 Å². The van der Waals surface area contributed by atoms with E-state index < -0.39 is 0 Å². The molecule has 20 heavy (non-hydrogen) atoms. The van der Waals surface area contributed by atoms with Gasteiger partial charge in [-0.15, -0.1) is 0 Å². The number of aromatic nitrogens is 2. The van der Waals surface area contributed by atoms with Crippen LogP contribution in [0.4, 0.5) is 11.4 Å². The predicted molar refractivity (Wildman–Crippen MR) is 84.1 cm³/mol. The third-order valence-corrected chi connectivity index (χ3v) is 3.49. The van der Waals surface area contributed by atoms with Crippen LogP contribution in [0.3, 0.4) is 0 Å². The first-order chi connectivity index (χ1) is 9.56. The minimum Gasteiger partial charge on any atom is -0.398 e. The van der Waals surface area contributed by atoms with Crippen molar-refractivity contribution in [2.45, 2.75) is 6.92 Å². The molecule has 4 heteroatoms. The lowest BCUT2D eigenvalue weighted by atomic mass is 10.2. The van der Waals surface area contributed by atoms with E-state index in [9.17, 15) is 0 Å². The number of rotatable bonds is 2. The molecule has 0 spiro atoms. The minimum absolute atomic E-state index is 0.737. The average molecular weight is 266 g/mol. The van der Waals surface area contributed by atoms with Crippen molar-refractivity contribution in [2.75, 3.05) is 24.7 Å². The largest absolute Gasteiger partial charge is 0.398 e. The highest BCUT2D eigenvalue weighted by Gasteiger charge is 2.10. The van der Waals surface area contributed by atoms with Gasteiger partial charge in [0, 0.05) is 37.2 Å². The van der Waals surface area contributed by atoms with Gasteiger partial charge in [-0.25, -0.2) is 4.98 Å². The first-order valence-electron chi connectivity index (χ1n) is 6.58. The lowest BCUT2D eigenvalue weighted by Crippen LogP contribution is -2.08. The molecule has 0 atom stereocenters. The molecule has 2 aromatic heterocycles. The summed E-state index contributed by atoms with van der Waals surface area (Å²) in [4.78, 5) is 6.75. The van der Waals surface area contributed by atoms with E-state index in [0.717, 1.165) is 28.3 Å². The fourth-order valence-corrected chi connectivity index (χ4v) is 2.37. The van der Waals surface area contributed by atoms with Gasteiger partial charge in [0.2, 0.25) is 0 Å². The van der Waals surface area contributed by atoms with Crippen molar-refractivity contribution < 1.29 is 0 Å². The number of hydrogen-bond donors (Lipinski definition) is 1. The lowest BCUT2D eigenvalue weighted by molar-refractivity contribution is 1.13. The van der Waals surface area contributed by atoms with Gasteiger partial charge < -0.3 is 10.6 Å². The molecule has 4 nitrogen and oxygen atoms in total. The molecule has 2 N–H and O–H groups in total. The van der Waals surface area contributed by atoms with Crippen molar-refractivity contribution in [3.63, 3.8) is 0 Å². The highest BCUT2D eigenvalue weighted by atomic mass is 15.1. The molecular formula is C16H18N4. The zero-order chi connectivity index (χ0) is 14.3. The van der Waals surface area contributed by atoms with Crippen molar-refractivity contribution in [1.29, 1.82) is 0 Å². The van der Waals surface area contributed by atoms with E-state index in [1.54, 1.807) is 0 Å². The molecule has 0 aliphatic rings. The van der Waals surface area contributed by atoms with Gasteiger partial charge in [-0.1, -0.05) is 0 Å². The molecule has 0 unspecified atom stereocenters. The quantitative estimate of drug-likeness (QED) is 0.775. The number of benzene rings is 1. The van der Waals surface area contributed by atoms with Crippen LogP contribution in [0.25, 0.3) is 16.9 Å². The van der Waals surface area contributed by atoms with Crippen LogP contribution in [-0.2, 0) is 0 Å². The predicted octanol–water partition coefficient (Wildman–Crippen LogP) is 2.96. The highest BCUT2D eigenvalue weighted by molar-refractivity contribution is 5.68. The zero-order valence-corrected chi connectivity index (χ0v) is 12.0. The van der Waals surface area contributed by atoms with Crippen LogP contribution in [0.15, 0.2) is 42.6 Å². The van der Waals surface area contributed by atoms with Gasteiger partial charge in [0.05, 0.1) is 11.2 Å². The van der Waals surface area contributed by atoms with Crippen LogP contribution in [0.2, 0.25) is 0 Å². The van der Waals surface area contributed by atoms with Gasteiger partial charge in [-0.3, -0.25) is 4.40 Å². The molecule has 0 saturated carbocycles. The van der Waals surface area contributed by atoms with E-state index in [-0.39, 0.29) is 0 Å². The third-order valence-electron chi connectivity index (χ3n) is 3.49. The smallest absolute Gasteiger partial charge is 0.144 e. The molecule has 0 bridgehead atoms. The van der Waals surface area contributed by atoms with Crippen molar-refractivity contribution in [3.8, 4) is 11.4 Å². The van der Waals surface area contributed by atoms with Crippen LogP contribution < -0.4 is 10.6 Å². The minimum atomic E-state index is 0.737. The number of fused-ring (bicyclic) bond motifs is 1. The summed E-state index contributed by atoms with van der Waals surface area (Å²) < 4.78 is 2.05. The number of nitrogen functional groups attached to an aromatic ring is 1. The Labute approximate surface area is 118 Å². The van der Waals surface area contributed by atoms with Gasteiger partial charge in [-0.2, -0.15) is 0 Å². The second-order valence-corrected chi connectivity index (χ2v) is 5.18. The molecule has 0 aliphatic carbocycles. The summed E-state index contributed by atoms with van der Waals surface area (Å²) in [6.45, 7) is 2.02. The number of hydrogen-bond acceptors (Lipinski definition) is 3. The number of anilines is 2. The maximum atomic E-state index is 5.89. The molecular weight excluding hydrogens is 248 g/mol. The SMILES string of the molecule is Cc1nc(-c2ccc(N(C)C)cc2)n2cc(N)ccc12. The van der Waals surface area contributed by atoms with Crippen molar-refractivity contribution in [1.82, 2.24) is 9.38 Å². The Kier molecular flexibility index (Phi) is 2.86. The van der Waals surface area contributed by atoms with Crippen molar-refractivity contribution in [3.05, 3.63) is 48.3 Å². The maximum absolute atomic E-state index is 5.89. The number of imidazole rings is 1. The molecule has 0 fully saturated rings. The standard InChI is InChI=1S/C16H18N4/c1-11-15-9-6-13(17)10-20(15)16(18-11)12-4-7-14(8-5-12)19(2)3/h4-10H,17H2,1-3H3. The molecule has 3 aromatic rings. The number of nitrogens with two attached hydrogens (primary N) is 1. The van der Waals surface area contributed by atoms with E-state index in [0.29, 0.717) is 0 Å². The summed E-state index contributed by atoms with van der Waals surface area (Å²) in [6, 6.07) is 12.3. The molecule has 0 saturated heterocycles. The van der Waals surface area contributed by atoms with Gasteiger partial charge in [0.25, 0.3) is 0 Å². The van der Waals surface area contributed by atoms with Crippen molar-refractivity contribution in [2.24, 2.45) is 0 Å². The first-order valence-corrected chi connectivity index (χ1v) is 6.58. The summed E-state index contributed by atoms with van der Waals surface area (Å²) >= 11 is 0. The summed E-state index contributed by atoms with van der Waals surface area (Å²) in [6.07, 6.45) is 1.92. The lowest BCUT2D eigenvalue weighted by Gasteiger charge is -2.12. The monoisotopic (exact) mass is 266 g/mol. The molecule has 1 aromatic carbocycles. The Balaban J connectivity index is 2.16. The molecule has 0 aliphatic heterocycles. The summed E-state index contributed by atoms with van der Waals surface area (Å²) in [5.41, 5.74) is 11.0. The van der Waals surface area contributed by atoms with E-state index in [1.165, 1.54) is 5.69 Å². The summed E-state index contributed by atoms with van der Waals surface area (Å²) in [5.74, 6) is 0.926. The normalized spacial score (nSPS) is 10.9. The van der Waals surface area contributed by atoms with Gasteiger partial charge in [-0.05, 0) is 43.3 Å². The Bertz CT molecular complexity index is 754. The molecule has 2 heterocycles. The summed E-state index contributed by atoms with van der Waals surface area (Å²) in [7, 11) is 4.07. The zero-order valence-electron chi connectivity index (χ0n) is 12.0. The number of aryl methyl sites for hydroxylation is 1. The van der Waals surface area contributed by atoms with Crippen LogP contribution >= 0.6 is 0 Å². The maximum Gasteiger partial charge on any atom is 0.144 e. The Morgan fingerprint density at radius 3 is 2.40 bits per heavy atom. The average Bonchev–Trinajstić information content (AvgIpc) is 2.75. The topological polar surface area (TPSA) is 46.6 Å². The molecule has 0 amide bonds. The van der Waals surface area contributed by atoms with Crippen molar-refractivity contribution >= 4 is 16.9 Å². The molecule has 0 radical (unpaired) electrons. The van der Waals surface area contributed by atoms with Gasteiger partial charge in [0.1, 0.15) is 5.82 Å². The Morgan fingerprint density at radius 2 is 1.75 bits per heavy atom. The van der Waals surface area contributed by atoms with E-state index >= 15 is 0 Å². The van der Waals surface area contributed by atoms with Crippen LogP contribution in [0.1, 0.15) is 5.69 Å².